The topological polar surface area (TPSA) is 86.7 Å². The maximum absolute atomic E-state index is 12.7. The average molecular weight is 366 g/mol. The first-order valence-corrected chi connectivity index (χ1v) is 8.89. The molecule has 0 radical (unpaired) electrons. The number of hydrogen-bond donors (Lipinski definition) is 2. The molecular formula is C21H22N2O4. The van der Waals surface area contributed by atoms with Gasteiger partial charge in [-0.25, -0.2) is 0 Å². The Morgan fingerprint density at radius 1 is 1.15 bits per heavy atom. The highest BCUT2D eigenvalue weighted by molar-refractivity contribution is 5.99. The van der Waals surface area contributed by atoms with E-state index < -0.39 is 12.0 Å². The zero-order chi connectivity index (χ0) is 19.4. The molecule has 2 N–H and O–H groups in total. The number of hydrogen-bond acceptors (Lipinski definition) is 3. The highest BCUT2D eigenvalue weighted by Crippen LogP contribution is 2.23. The van der Waals surface area contributed by atoms with E-state index in [-0.39, 0.29) is 18.2 Å². The fraction of sp³-hybridized carbons (Fsp3) is 0.286. The Balaban J connectivity index is 1.70. The third-order valence-corrected chi connectivity index (χ3v) is 4.65. The molecule has 0 saturated carbocycles. The molecule has 6 heteroatoms. The minimum absolute atomic E-state index is 0.0321. The number of amides is 2. The largest absolute Gasteiger partial charge is 0.481 e. The van der Waals surface area contributed by atoms with Gasteiger partial charge in [0.2, 0.25) is 11.8 Å². The second kappa shape index (κ2) is 8.03. The number of nitrogens with zero attached hydrogens (tertiary/aromatic N) is 1. The molecule has 2 aromatic rings. The van der Waals surface area contributed by atoms with Crippen LogP contribution in [0.15, 0.2) is 48.5 Å². The number of aliphatic carboxylic acids is 1. The fourth-order valence-electron chi connectivity index (χ4n) is 3.25. The van der Waals surface area contributed by atoms with Gasteiger partial charge >= 0.3 is 5.97 Å². The van der Waals surface area contributed by atoms with Crippen molar-refractivity contribution in [2.75, 3.05) is 5.32 Å². The van der Waals surface area contributed by atoms with Gasteiger partial charge in [0.05, 0.1) is 6.42 Å². The Bertz CT molecular complexity index is 861. The summed E-state index contributed by atoms with van der Waals surface area (Å²) in [4.78, 5) is 37.5. The Hall–Kier alpha value is -3.15. The first-order chi connectivity index (χ1) is 12.9. The van der Waals surface area contributed by atoms with Crippen LogP contribution in [0.4, 0.5) is 5.69 Å². The zero-order valence-electron chi connectivity index (χ0n) is 15.1. The standard InChI is InChI=1S/C21H22N2O4/c1-14-5-7-15(8-6-14)13-23-18(9-10-19(23)24)21(27)22-17-4-2-3-16(11-17)12-20(25)26/h2-8,11,18H,9-10,12-13H2,1H3,(H,22,27)(H,25,26). The summed E-state index contributed by atoms with van der Waals surface area (Å²) in [6.07, 6.45) is 0.722. The van der Waals surface area contributed by atoms with Gasteiger partial charge in [0.1, 0.15) is 6.04 Å². The second-order valence-electron chi connectivity index (χ2n) is 6.82. The number of carboxylic acid groups (broad SMARTS) is 1. The van der Waals surface area contributed by atoms with Crippen LogP contribution in [-0.2, 0) is 27.3 Å². The lowest BCUT2D eigenvalue weighted by molar-refractivity contribution is -0.136. The fourth-order valence-corrected chi connectivity index (χ4v) is 3.25. The number of anilines is 1. The number of aryl methyl sites for hydroxylation is 1. The second-order valence-corrected chi connectivity index (χ2v) is 6.82. The molecule has 0 aromatic heterocycles. The molecule has 140 valence electrons. The summed E-state index contributed by atoms with van der Waals surface area (Å²) >= 11 is 0. The van der Waals surface area contributed by atoms with Gasteiger partial charge in [0.25, 0.3) is 0 Å². The van der Waals surface area contributed by atoms with Crippen molar-refractivity contribution in [1.29, 1.82) is 0 Å². The molecule has 1 unspecified atom stereocenters. The lowest BCUT2D eigenvalue weighted by atomic mass is 10.1. The molecule has 0 bridgehead atoms. The summed E-state index contributed by atoms with van der Waals surface area (Å²) in [5.74, 6) is -1.21. The monoisotopic (exact) mass is 366 g/mol. The number of rotatable bonds is 6. The highest BCUT2D eigenvalue weighted by Gasteiger charge is 2.35. The molecule has 1 aliphatic heterocycles. The maximum Gasteiger partial charge on any atom is 0.307 e. The molecule has 1 atom stereocenters. The molecule has 2 amide bonds. The van der Waals surface area contributed by atoms with Crippen molar-refractivity contribution in [3.05, 3.63) is 65.2 Å². The van der Waals surface area contributed by atoms with E-state index in [1.807, 2.05) is 31.2 Å². The summed E-state index contributed by atoms with van der Waals surface area (Å²) in [6.45, 7) is 2.40. The van der Waals surface area contributed by atoms with Crippen molar-refractivity contribution in [1.82, 2.24) is 4.90 Å². The number of carboxylic acids is 1. The summed E-state index contributed by atoms with van der Waals surface area (Å²) in [5, 5.41) is 11.7. The van der Waals surface area contributed by atoms with Crippen LogP contribution < -0.4 is 5.32 Å². The smallest absolute Gasteiger partial charge is 0.307 e. The third kappa shape index (κ3) is 4.73. The average Bonchev–Trinajstić information content (AvgIpc) is 2.97. The molecule has 1 aliphatic rings. The van der Waals surface area contributed by atoms with Crippen LogP contribution in [0.2, 0.25) is 0 Å². The van der Waals surface area contributed by atoms with E-state index in [1.165, 1.54) is 0 Å². The van der Waals surface area contributed by atoms with E-state index in [2.05, 4.69) is 5.32 Å². The summed E-state index contributed by atoms with van der Waals surface area (Å²) in [5.41, 5.74) is 3.27. The Morgan fingerprint density at radius 2 is 1.89 bits per heavy atom. The molecule has 3 rings (SSSR count). The van der Waals surface area contributed by atoms with Crippen LogP contribution in [-0.4, -0.2) is 33.8 Å². The zero-order valence-corrected chi connectivity index (χ0v) is 15.1. The number of benzene rings is 2. The third-order valence-electron chi connectivity index (χ3n) is 4.65. The number of carbonyl (C=O) groups excluding carboxylic acids is 2. The first kappa shape index (κ1) is 18.6. The van der Waals surface area contributed by atoms with Gasteiger partial charge in [-0.05, 0) is 36.6 Å². The Morgan fingerprint density at radius 3 is 2.59 bits per heavy atom. The Kier molecular flexibility index (Phi) is 5.54. The molecule has 1 fully saturated rings. The van der Waals surface area contributed by atoms with Crippen molar-refractivity contribution in [2.24, 2.45) is 0 Å². The van der Waals surface area contributed by atoms with Crippen LogP contribution >= 0.6 is 0 Å². The van der Waals surface area contributed by atoms with Crippen molar-refractivity contribution in [3.8, 4) is 0 Å². The van der Waals surface area contributed by atoms with Gasteiger partial charge in [0, 0.05) is 18.7 Å². The van der Waals surface area contributed by atoms with E-state index in [4.69, 9.17) is 5.11 Å². The molecule has 1 saturated heterocycles. The quantitative estimate of drug-likeness (QED) is 0.823. The van der Waals surface area contributed by atoms with Gasteiger partial charge in [-0.2, -0.15) is 0 Å². The first-order valence-electron chi connectivity index (χ1n) is 8.89. The van der Waals surface area contributed by atoms with Crippen molar-refractivity contribution >= 4 is 23.5 Å². The summed E-state index contributed by atoms with van der Waals surface area (Å²) < 4.78 is 0. The molecule has 0 spiro atoms. The predicted octanol–water partition coefficient (Wildman–Crippen LogP) is 2.75. The van der Waals surface area contributed by atoms with Crippen LogP contribution in [0.5, 0.6) is 0 Å². The van der Waals surface area contributed by atoms with Crippen LogP contribution in [0, 0.1) is 6.92 Å². The molecule has 27 heavy (non-hydrogen) atoms. The molecule has 2 aromatic carbocycles. The summed E-state index contributed by atoms with van der Waals surface area (Å²) in [6, 6.07) is 14.1. The van der Waals surface area contributed by atoms with Gasteiger partial charge in [-0.1, -0.05) is 42.0 Å². The van der Waals surface area contributed by atoms with E-state index >= 15 is 0 Å². The normalized spacial score (nSPS) is 16.4. The number of carbonyl (C=O) groups is 3. The summed E-state index contributed by atoms with van der Waals surface area (Å²) in [7, 11) is 0. The lowest BCUT2D eigenvalue weighted by Crippen LogP contribution is -2.41. The van der Waals surface area contributed by atoms with Gasteiger partial charge in [-0.15, -0.1) is 0 Å². The molecule has 0 aliphatic carbocycles. The van der Waals surface area contributed by atoms with Crippen LogP contribution in [0.3, 0.4) is 0 Å². The Labute approximate surface area is 157 Å². The van der Waals surface area contributed by atoms with Gasteiger partial charge in [0.15, 0.2) is 0 Å². The minimum Gasteiger partial charge on any atom is -0.481 e. The van der Waals surface area contributed by atoms with E-state index in [1.54, 1.807) is 29.2 Å². The highest BCUT2D eigenvalue weighted by atomic mass is 16.4. The number of likely N-dealkylation sites (tertiary alicyclic amines) is 1. The van der Waals surface area contributed by atoms with E-state index in [9.17, 15) is 14.4 Å². The van der Waals surface area contributed by atoms with Crippen molar-refractivity contribution < 1.29 is 19.5 Å². The molecular weight excluding hydrogens is 344 g/mol. The van der Waals surface area contributed by atoms with E-state index in [0.29, 0.717) is 30.6 Å². The van der Waals surface area contributed by atoms with Crippen molar-refractivity contribution in [3.63, 3.8) is 0 Å². The lowest BCUT2D eigenvalue weighted by Gasteiger charge is -2.24. The van der Waals surface area contributed by atoms with Gasteiger partial charge < -0.3 is 15.3 Å². The molecule has 1 heterocycles. The molecule has 6 nitrogen and oxygen atoms in total. The van der Waals surface area contributed by atoms with Crippen LogP contribution in [0.1, 0.15) is 29.5 Å². The predicted molar refractivity (Wildman–Crippen MR) is 101 cm³/mol. The number of nitrogens with one attached hydrogen (secondary N) is 1. The maximum atomic E-state index is 12.7. The minimum atomic E-state index is -0.927. The van der Waals surface area contributed by atoms with E-state index in [0.717, 1.165) is 11.1 Å². The van der Waals surface area contributed by atoms with Crippen molar-refractivity contribution in [2.45, 2.75) is 38.8 Å². The van der Waals surface area contributed by atoms with Crippen LogP contribution in [0.25, 0.3) is 0 Å². The SMILES string of the molecule is Cc1ccc(CN2C(=O)CCC2C(=O)Nc2cccc(CC(=O)O)c2)cc1. The van der Waals surface area contributed by atoms with Gasteiger partial charge in [-0.3, -0.25) is 14.4 Å².